The molecule has 1 rings (SSSR count). The summed E-state index contributed by atoms with van der Waals surface area (Å²) < 4.78 is 1.88. The standard InChI is InChI=1S/C14H20N2O2/c1-6-13(9(2)3)15-8-11-7-12(14(17)18)10(4)16(11)5/h1,7,9,13,15H,8H2,2-5H3,(H,17,18). The average molecular weight is 248 g/mol. The van der Waals surface area contributed by atoms with Crippen molar-refractivity contribution in [1.82, 2.24) is 9.88 Å². The molecule has 1 aromatic heterocycles. The van der Waals surface area contributed by atoms with Crippen LogP contribution in [-0.2, 0) is 13.6 Å². The van der Waals surface area contributed by atoms with Gasteiger partial charge in [0, 0.05) is 25.0 Å². The minimum atomic E-state index is -0.897. The zero-order valence-electron chi connectivity index (χ0n) is 11.3. The summed E-state index contributed by atoms with van der Waals surface area (Å²) >= 11 is 0. The molecular formula is C14H20N2O2. The molecule has 0 radical (unpaired) electrons. The van der Waals surface area contributed by atoms with Gasteiger partial charge in [-0.2, -0.15) is 0 Å². The van der Waals surface area contributed by atoms with Gasteiger partial charge in [-0.15, -0.1) is 6.42 Å². The molecule has 0 fully saturated rings. The summed E-state index contributed by atoms with van der Waals surface area (Å²) in [5, 5.41) is 12.3. The Kier molecular flexibility index (Phi) is 4.57. The maximum absolute atomic E-state index is 11.0. The molecule has 4 heteroatoms. The van der Waals surface area contributed by atoms with Gasteiger partial charge < -0.3 is 9.67 Å². The second-order valence-electron chi connectivity index (χ2n) is 4.77. The Labute approximate surface area is 108 Å². The van der Waals surface area contributed by atoms with Crippen molar-refractivity contribution in [3.05, 3.63) is 23.0 Å². The van der Waals surface area contributed by atoms with Crippen molar-refractivity contribution in [1.29, 1.82) is 0 Å². The predicted molar refractivity (Wildman–Crippen MR) is 71.4 cm³/mol. The highest BCUT2D eigenvalue weighted by molar-refractivity contribution is 5.89. The van der Waals surface area contributed by atoms with Gasteiger partial charge in [-0.25, -0.2) is 4.79 Å². The predicted octanol–water partition coefficient (Wildman–Crippen LogP) is 1.78. The number of hydrogen-bond donors (Lipinski definition) is 2. The second-order valence-corrected chi connectivity index (χ2v) is 4.77. The van der Waals surface area contributed by atoms with Gasteiger partial charge in [0.15, 0.2) is 0 Å². The number of carbonyl (C=O) groups is 1. The molecule has 0 aliphatic rings. The van der Waals surface area contributed by atoms with Crippen LogP contribution in [0.3, 0.4) is 0 Å². The fraction of sp³-hybridized carbons (Fsp3) is 0.500. The maximum Gasteiger partial charge on any atom is 0.337 e. The van der Waals surface area contributed by atoms with Crippen LogP contribution >= 0.6 is 0 Å². The van der Waals surface area contributed by atoms with Crippen molar-refractivity contribution in [2.45, 2.75) is 33.4 Å². The first kappa shape index (κ1) is 14.3. The van der Waals surface area contributed by atoms with Crippen molar-refractivity contribution in [2.75, 3.05) is 0 Å². The van der Waals surface area contributed by atoms with Crippen LogP contribution in [-0.4, -0.2) is 21.7 Å². The number of carboxylic acids is 1. The molecule has 0 saturated heterocycles. The van der Waals surface area contributed by atoms with E-state index in [1.54, 1.807) is 13.0 Å². The number of terminal acetylenes is 1. The molecule has 0 aliphatic carbocycles. The molecule has 0 bridgehead atoms. The summed E-state index contributed by atoms with van der Waals surface area (Å²) in [6, 6.07) is 1.69. The van der Waals surface area contributed by atoms with Gasteiger partial charge in [0.1, 0.15) is 0 Å². The van der Waals surface area contributed by atoms with E-state index in [1.807, 2.05) is 11.6 Å². The highest BCUT2D eigenvalue weighted by atomic mass is 16.4. The number of carboxylic acid groups (broad SMARTS) is 1. The van der Waals surface area contributed by atoms with Crippen LogP contribution in [0.25, 0.3) is 0 Å². The quantitative estimate of drug-likeness (QED) is 0.781. The first-order chi connectivity index (χ1) is 8.38. The van der Waals surface area contributed by atoms with E-state index in [9.17, 15) is 4.79 Å². The molecule has 0 saturated carbocycles. The third kappa shape index (κ3) is 2.93. The smallest absolute Gasteiger partial charge is 0.337 e. The molecule has 2 N–H and O–H groups in total. The zero-order chi connectivity index (χ0) is 13.9. The number of hydrogen-bond acceptors (Lipinski definition) is 2. The Bertz CT molecular complexity index is 481. The summed E-state index contributed by atoms with van der Waals surface area (Å²) in [4.78, 5) is 11.0. The summed E-state index contributed by atoms with van der Waals surface area (Å²) in [5.74, 6) is 2.15. The van der Waals surface area contributed by atoms with E-state index >= 15 is 0 Å². The van der Waals surface area contributed by atoms with Gasteiger partial charge in [-0.1, -0.05) is 19.8 Å². The molecule has 4 nitrogen and oxygen atoms in total. The van der Waals surface area contributed by atoms with Gasteiger partial charge in [-0.3, -0.25) is 5.32 Å². The maximum atomic E-state index is 11.0. The first-order valence-electron chi connectivity index (χ1n) is 5.96. The van der Waals surface area contributed by atoms with E-state index < -0.39 is 5.97 Å². The lowest BCUT2D eigenvalue weighted by molar-refractivity contribution is 0.0696. The Hall–Kier alpha value is -1.73. The number of aromatic carboxylic acids is 1. The van der Waals surface area contributed by atoms with Gasteiger partial charge in [-0.05, 0) is 18.9 Å². The Morgan fingerprint density at radius 2 is 2.22 bits per heavy atom. The van der Waals surface area contributed by atoms with Crippen LogP contribution in [0, 0.1) is 25.2 Å². The number of nitrogens with one attached hydrogen (secondary N) is 1. The number of nitrogens with zero attached hydrogens (tertiary/aromatic N) is 1. The van der Waals surface area contributed by atoms with Crippen LogP contribution < -0.4 is 5.32 Å². The second kappa shape index (κ2) is 5.74. The minimum absolute atomic E-state index is 0.00603. The van der Waals surface area contributed by atoms with E-state index in [4.69, 9.17) is 11.5 Å². The van der Waals surface area contributed by atoms with Gasteiger partial charge in [0.2, 0.25) is 0 Å². The summed E-state index contributed by atoms with van der Waals surface area (Å²) in [7, 11) is 1.86. The molecule has 98 valence electrons. The SMILES string of the molecule is C#CC(NCc1cc(C(=O)O)c(C)n1C)C(C)C. The van der Waals surface area contributed by atoms with Gasteiger partial charge >= 0.3 is 5.97 Å². The van der Waals surface area contributed by atoms with Crippen molar-refractivity contribution >= 4 is 5.97 Å². The molecule has 18 heavy (non-hydrogen) atoms. The third-order valence-corrected chi connectivity index (χ3v) is 3.21. The fourth-order valence-electron chi connectivity index (χ4n) is 1.85. The topological polar surface area (TPSA) is 54.3 Å². The molecule has 1 atom stereocenters. The summed E-state index contributed by atoms with van der Waals surface area (Å²) in [6.45, 7) is 6.47. The van der Waals surface area contributed by atoms with Crippen LogP contribution in [0.15, 0.2) is 6.07 Å². The summed E-state index contributed by atoms with van der Waals surface area (Å²) in [5.41, 5.74) is 2.02. The van der Waals surface area contributed by atoms with Gasteiger partial charge in [0.25, 0.3) is 0 Å². The van der Waals surface area contributed by atoms with E-state index in [2.05, 4.69) is 25.1 Å². The molecule has 0 amide bonds. The number of aromatic nitrogens is 1. The van der Waals surface area contributed by atoms with E-state index in [1.165, 1.54) is 0 Å². The third-order valence-electron chi connectivity index (χ3n) is 3.21. The van der Waals surface area contributed by atoms with Crippen LogP contribution in [0.4, 0.5) is 0 Å². The normalized spacial score (nSPS) is 12.4. The van der Waals surface area contributed by atoms with Crippen molar-refractivity contribution in [2.24, 2.45) is 13.0 Å². The van der Waals surface area contributed by atoms with Crippen molar-refractivity contribution in [3.8, 4) is 12.3 Å². The molecule has 0 aromatic carbocycles. The molecule has 1 aromatic rings. The molecule has 1 unspecified atom stereocenters. The van der Waals surface area contributed by atoms with Crippen molar-refractivity contribution in [3.63, 3.8) is 0 Å². The lowest BCUT2D eigenvalue weighted by atomic mass is 10.1. The van der Waals surface area contributed by atoms with Gasteiger partial charge in [0.05, 0.1) is 11.6 Å². The Balaban J connectivity index is 2.84. The first-order valence-corrected chi connectivity index (χ1v) is 5.96. The Morgan fingerprint density at radius 1 is 1.61 bits per heavy atom. The monoisotopic (exact) mass is 248 g/mol. The minimum Gasteiger partial charge on any atom is -0.478 e. The molecule has 0 aliphatic heterocycles. The highest BCUT2D eigenvalue weighted by Crippen LogP contribution is 2.14. The zero-order valence-corrected chi connectivity index (χ0v) is 11.3. The fourth-order valence-corrected chi connectivity index (χ4v) is 1.85. The highest BCUT2D eigenvalue weighted by Gasteiger charge is 2.16. The summed E-state index contributed by atoms with van der Waals surface area (Å²) in [6.07, 6.45) is 5.45. The van der Waals surface area contributed by atoms with E-state index in [0.717, 1.165) is 11.4 Å². The molecule has 1 heterocycles. The van der Waals surface area contributed by atoms with Crippen LogP contribution in [0.5, 0.6) is 0 Å². The van der Waals surface area contributed by atoms with Crippen LogP contribution in [0.2, 0.25) is 0 Å². The molecular weight excluding hydrogens is 228 g/mol. The van der Waals surface area contributed by atoms with E-state index in [0.29, 0.717) is 18.0 Å². The molecule has 0 spiro atoms. The Morgan fingerprint density at radius 3 is 2.61 bits per heavy atom. The largest absolute Gasteiger partial charge is 0.478 e. The number of rotatable bonds is 5. The van der Waals surface area contributed by atoms with Crippen molar-refractivity contribution < 1.29 is 9.90 Å². The van der Waals surface area contributed by atoms with E-state index in [-0.39, 0.29) is 6.04 Å². The van der Waals surface area contributed by atoms with Crippen LogP contribution in [0.1, 0.15) is 35.6 Å². The lowest BCUT2D eigenvalue weighted by Crippen LogP contribution is -2.32. The average Bonchev–Trinajstić information content (AvgIpc) is 2.57. The lowest BCUT2D eigenvalue weighted by Gasteiger charge is -2.16.